The molecule has 5 nitrogen and oxygen atoms in total. The molecule has 1 aliphatic heterocycles. The second-order valence-electron chi connectivity index (χ2n) is 7.95. The maximum atomic E-state index is 13.2. The largest absolute Gasteiger partial charge is 0.492 e. The number of ether oxygens (including phenoxy) is 1. The van der Waals surface area contributed by atoms with E-state index in [1.54, 1.807) is 22.8 Å². The molecule has 1 saturated heterocycles. The molecule has 0 atom stereocenters. The molecule has 2 aromatic heterocycles. The fourth-order valence-electron chi connectivity index (χ4n) is 4.08. The molecule has 0 N–H and O–H groups in total. The van der Waals surface area contributed by atoms with Gasteiger partial charge < -0.3 is 4.74 Å². The third kappa shape index (κ3) is 4.44. The van der Waals surface area contributed by atoms with Crippen LogP contribution in [0.15, 0.2) is 67.1 Å². The predicted molar refractivity (Wildman–Crippen MR) is 120 cm³/mol. The lowest BCUT2D eigenvalue weighted by Gasteiger charge is -2.26. The Morgan fingerprint density at radius 3 is 2.35 bits per heavy atom. The third-order valence-corrected chi connectivity index (χ3v) is 5.82. The van der Waals surface area contributed by atoms with Gasteiger partial charge in [0.1, 0.15) is 18.2 Å². The number of fused-ring (bicyclic) bond motifs is 1. The van der Waals surface area contributed by atoms with E-state index in [1.165, 1.54) is 44.5 Å². The Morgan fingerprint density at radius 1 is 0.839 bits per heavy atom. The number of halogens is 1. The van der Waals surface area contributed by atoms with Gasteiger partial charge in [0.2, 0.25) is 0 Å². The van der Waals surface area contributed by atoms with Gasteiger partial charge in [0.05, 0.1) is 6.20 Å². The fourth-order valence-corrected chi connectivity index (χ4v) is 4.08. The minimum Gasteiger partial charge on any atom is -0.492 e. The normalized spacial score (nSPS) is 14.7. The molecular formula is C25H25FN4O. The Bertz CT molecular complexity index is 1150. The van der Waals surface area contributed by atoms with E-state index in [0.717, 1.165) is 40.2 Å². The van der Waals surface area contributed by atoms with Crippen LogP contribution in [0.2, 0.25) is 0 Å². The molecule has 6 heteroatoms. The molecule has 5 rings (SSSR count). The molecule has 1 aliphatic rings. The smallest absolute Gasteiger partial charge is 0.162 e. The van der Waals surface area contributed by atoms with Gasteiger partial charge in [-0.25, -0.2) is 13.9 Å². The molecule has 0 unspecified atom stereocenters. The number of hydrogen-bond acceptors (Lipinski definition) is 4. The number of aromatic nitrogens is 3. The molecule has 0 radical (unpaired) electrons. The summed E-state index contributed by atoms with van der Waals surface area (Å²) in [5, 5.41) is 4.44. The summed E-state index contributed by atoms with van der Waals surface area (Å²) in [5.41, 5.74) is 4.54. The van der Waals surface area contributed by atoms with Gasteiger partial charge in [-0.3, -0.25) is 4.90 Å². The van der Waals surface area contributed by atoms with Gasteiger partial charge in [-0.05, 0) is 61.3 Å². The van der Waals surface area contributed by atoms with Crippen molar-refractivity contribution in [2.24, 2.45) is 0 Å². The van der Waals surface area contributed by atoms with E-state index < -0.39 is 0 Å². The SMILES string of the molecule is Fc1ccc(-c2cnn3cc(-c4ccc(OCCN5CCCCC5)cc4)cnc23)cc1. The lowest BCUT2D eigenvalue weighted by atomic mass is 10.1. The molecule has 2 aromatic carbocycles. The minimum atomic E-state index is -0.255. The zero-order valence-electron chi connectivity index (χ0n) is 17.4. The number of rotatable bonds is 6. The highest BCUT2D eigenvalue weighted by atomic mass is 19.1. The van der Waals surface area contributed by atoms with E-state index >= 15 is 0 Å². The Labute approximate surface area is 181 Å². The first kappa shape index (κ1) is 19.7. The molecule has 158 valence electrons. The van der Waals surface area contributed by atoms with E-state index in [4.69, 9.17) is 4.74 Å². The van der Waals surface area contributed by atoms with Gasteiger partial charge in [-0.2, -0.15) is 5.10 Å². The van der Waals surface area contributed by atoms with Crippen molar-refractivity contribution in [2.75, 3.05) is 26.2 Å². The van der Waals surface area contributed by atoms with Gasteiger partial charge in [-0.15, -0.1) is 0 Å². The van der Waals surface area contributed by atoms with Gasteiger partial charge >= 0.3 is 0 Å². The second kappa shape index (κ2) is 8.86. The van der Waals surface area contributed by atoms with Crippen LogP contribution >= 0.6 is 0 Å². The Hall–Kier alpha value is -3.25. The van der Waals surface area contributed by atoms with Crippen molar-refractivity contribution in [2.45, 2.75) is 19.3 Å². The monoisotopic (exact) mass is 416 g/mol. The van der Waals surface area contributed by atoms with Crippen LogP contribution < -0.4 is 4.74 Å². The summed E-state index contributed by atoms with van der Waals surface area (Å²) in [7, 11) is 0. The van der Waals surface area contributed by atoms with Crippen LogP contribution in [0.25, 0.3) is 27.9 Å². The van der Waals surface area contributed by atoms with Crippen LogP contribution in [0, 0.1) is 5.82 Å². The van der Waals surface area contributed by atoms with Gasteiger partial charge in [0.25, 0.3) is 0 Å². The van der Waals surface area contributed by atoms with Crippen LogP contribution in [0.3, 0.4) is 0 Å². The summed E-state index contributed by atoms with van der Waals surface area (Å²) in [6.07, 6.45) is 9.52. The Kier molecular flexibility index (Phi) is 5.63. The lowest BCUT2D eigenvalue weighted by molar-refractivity contribution is 0.183. The maximum absolute atomic E-state index is 13.2. The van der Waals surface area contributed by atoms with Crippen molar-refractivity contribution in [3.05, 3.63) is 72.9 Å². The van der Waals surface area contributed by atoms with Crippen molar-refractivity contribution in [1.29, 1.82) is 0 Å². The average molecular weight is 417 g/mol. The molecule has 0 bridgehead atoms. The number of piperidine rings is 1. The average Bonchev–Trinajstić information content (AvgIpc) is 3.24. The molecule has 31 heavy (non-hydrogen) atoms. The summed E-state index contributed by atoms with van der Waals surface area (Å²) in [5.74, 6) is 0.627. The van der Waals surface area contributed by atoms with E-state index in [2.05, 4.69) is 15.0 Å². The molecular weight excluding hydrogens is 391 g/mol. The predicted octanol–water partition coefficient (Wildman–Crippen LogP) is 5.07. The van der Waals surface area contributed by atoms with Gasteiger partial charge in [0.15, 0.2) is 5.65 Å². The highest BCUT2D eigenvalue weighted by molar-refractivity contribution is 5.77. The molecule has 0 spiro atoms. The van der Waals surface area contributed by atoms with E-state index in [0.29, 0.717) is 6.61 Å². The first-order valence-corrected chi connectivity index (χ1v) is 10.8. The summed E-state index contributed by atoms with van der Waals surface area (Å²) in [6, 6.07) is 14.5. The number of hydrogen-bond donors (Lipinski definition) is 0. The van der Waals surface area contributed by atoms with E-state index in [9.17, 15) is 4.39 Å². The van der Waals surface area contributed by atoms with Crippen molar-refractivity contribution in [1.82, 2.24) is 19.5 Å². The summed E-state index contributed by atoms with van der Waals surface area (Å²) in [6.45, 7) is 4.08. The first-order valence-electron chi connectivity index (χ1n) is 10.8. The molecule has 0 amide bonds. The number of benzene rings is 2. The third-order valence-electron chi connectivity index (χ3n) is 5.82. The zero-order valence-corrected chi connectivity index (χ0v) is 17.4. The molecule has 3 heterocycles. The van der Waals surface area contributed by atoms with Crippen molar-refractivity contribution >= 4 is 5.65 Å². The first-order chi connectivity index (χ1) is 15.3. The highest BCUT2D eigenvalue weighted by Crippen LogP contribution is 2.26. The highest BCUT2D eigenvalue weighted by Gasteiger charge is 2.11. The number of likely N-dealkylation sites (tertiary alicyclic amines) is 1. The summed E-state index contributed by atoms with van der Waals surface area (Å²) < 4.78 is 20.9. The quantitative estimate of drug-likeness (QED) is 0.440. The van der Waals surface area contributed by atoms with E-state index in [1.807, 2.05) is 36.7 Å². The Morgan fingerprint density at radius 2 is 1.58 bits per heavy atom. The lowest BCUT2D eigenvalue weighted by Crippen LogP contribution is -2.33. The van der Waals surface area contributed by atoms with Crippen LogP contribution in [0.1, 0.15) is 19.3 Å². The second-order valence-corrected chi connectivity index (χ2v) is 7.95. The van der Waals surface area contributed by atoms with Gasteiger partial charge in [-0.1, -0.05) is 30.7 Å². The van der Waals surface area contributed by atoms with Crippen LogP contribution in [0.5, 0.6) is 5.75 Å². The standard InChI is InChI=1S/C25H25FN4O/c26-22-8-4-20(5-9-22)24-17-28-30-18-21(16-27-25(24)30)19-6-10-23(11-7-19)31-15-14-29-12-2-1-3-13-29/h4-11,16-18H,1-3,12-15H2. The van der Waals surface area contributed by atoms with Crippen molar-refractivity contribution in [3.8, 4) is 28.0 Å². The van der Waals surface area contributed by atoms with Crippen LogP contribution in [0.4, 0.5) is 4.39 Å². The fraction of sp³-hybridized carbons (Fsp3) is 0.280. The van der Waals surface area contributed by atoms with Crippen LogP contribution in [-0.4, -0.2) is 45.7 Å². The van der Waals surface area contributed by atoms with Crippen LogP contribution in [-0.2, 0) is 0 Å². The Balaban J connectivity index is 1.27. The van der Waals surface area contributed by atoms with Gasteiger partial charge in [0, 0.05) is 30.1 Å². The summed E-state index contributed by atoms with van der Waals surface area (Å²) >= 11 is 0. The molecule has 0 saturated carbocycles. The maximum Gasteiger partial charge on any atom is 0.162 e. The zero-order chi connectivity index (χ0) is 21.0. The number of nitrogens with zero attached hydrogens (tertiary/aromatic N) is 4. The molecule has 1 fully saturated rings. The molecule has 4 aromatic rings. The van der Waals surface area contributed by atoms with Crippen molar-refractivity contribution in [3.63, 3.8) is 0 Å². The van der Waals surface area contributed by atoms with Crippen molar-refractivity contribution < 1.29 is 9.13 Å². The van der Waals surface area contributed by atoms with E-state index in [-0.39, 0.29) is 5.82 Å². The summed E-state index contributed by atoms with van der Waals surface area (Å²) in [4.78, 5) is 7.09. The topological polar surface area (TPSA) is 42.7 Å². The molecule has 0 aliphatic carbocycles. The minimum absolute atomic E-state index is 0.255.